The van der Waals surface area contributed by atoms with Gasteiger partial charge in [0.15, 0.2) is 5.78 Å². The monoisotopic (exact) mass is 841 g/mol. The predicted molar refractivity (Wildman–Crippen MR) is 187 cm³/mol. The Morgan fingerprint density at radius 3 is 1.60 bits per heavy atom. The highest BCUT2D eigenvalue weighted by Crippen LogP contribution is 2.49. The molecule has 1 N–H and O–H groups in total. The number of hydrogen-bond acceptors (Lipinski definition) is 9. The number of nitrogens with one attached hydrogen (secondary N) is 1. The first-order valence-corrected chi connectivity index (χ1v) is 18.0. The lowest BCUT2D eigenvalue weighted by molar-refractivity contribution is -0.173. The van der Waals surface area contributed by atoms with Gasteiger partial charge in [-0.2, -0.15) is 26.3 Å². The Morgan fingerprint density at radius 2 is 1.19 bits per heavy atom. The minimum Gasteiger partial charge on any atom is -0.413 e. The number of Topliss-reactive ketones (excluding diaryl/α,β-unsaturated/α-hetero) is 1. The Balaban J connectivity index is 0.000000193. The van der Waals surface area contributed by atoms with Gasteiger partial charge in [-0.05, 0) is 73.2 Å². The van der Waals surface area contributed by atoms with E-state index in [4.69, 9.17) is 23.2 Å². The maximum Gasteiger partial charge on any atom is 0.471 e. The van der Waals surface area contributed by atoms with Crippen molar-refractivity contribution in [2.45, 2.75) is 74.5 Å². The molecule has 0 spiro atoms. The average Bonchev–Trinajstić information content (AvgIpc) is 3.65. The molecule has 1 amide bonds. The molecule has 5 aromatic rings. The molecule has 3 heterocycles. The molecule has 2 aliphatic rings. The van der Waals surface area contributed by atoms with Crippen molar-refractivity contribution in [2.24, 2.45) is 0 Å². The van der Waals surface area contributed by atoms with E-state index in [1.165, 1.54) is 66.5 Å². The molecule has 0 radical (unpaired) electrons. The number of amides is 1. The third kappa shape index (κ3) is 9.55. The van der Waals surface area contributed by atoms with Gasteiger partial charge in [0.2, 0.25) is 0 Å². The maximum atomic E-state index is 13.7. The summed E-state index contributed by atoms with van der Waals surface area (Å²) in [6.45, 7) is -0.816. The summed E-state index contributed by atoms with van der Waals surface area (Å²) in [4.78, 5) is 39.4. The van der Waals surface area contributed by atoms with Gasteiger partial charge in [0.1, 0.15) is 23.3 Å². The molecular weight excluding hydrogens is 813 g/mol. The molecule has 2 aliphatic carbocycles. The molecule has 0 saturated heterocycles. The Morgan fingerprint density at radius 1 is 0.719 bits per heavy atom. The van der Waals surface area contributed by atoms with E-state index in [1.807, 2.05) is 0 Å². The van der Waals surface area contributed by atoms with E-state index in [2.05, 4.69) is 34.6 Å². The van der Waals surface area contributed by atoms with Gasteiger partial charge in [0.25, 0.3) is 5.89 Å². The molecule has 20 heteroatoms. The summed E-state index contributed by atoms with van der Waals surface area (Å²) in [6.07, 6.45) is 1.23. The van der Waals surface area contributed by atoms with Crippen LogP contribution in [0.15, 0.2) is 65.6 Å². The highest BCUT2D eigenvalue weighted by Gasteiger charge is 2.43. The van der Waals surface area contributed by atoms with Gasteiger partial charge in [0.05, 0.1) is 17.7 Å². The molecule has 0 aliphatic heterocycles. The van der Waals surface area contributed by atoms with Crippen molar-refractivity contribution in [1.29, 1.82) is 0 Å². The highest BCUT2D eigenvalue weighted by atomic mass is 35.5. The van der Waals surface area contributed by atoms with Crippen LogP contribution in [0.3, 0.4) is 0 Å². The maximum absolute atomic E-state index is 13.7. The third-order valence-electron chi connectivity index (χ3n) is 9.93. The molecule has 2 aromatic carbocycles. The summed E-state index contributed by atoms with van der Waals surface area (Å²) in [6, 6.07) is 8.47. The van der Waals surface area contributed by atoms with Crippen LogP contribution in [-0.4, -0.2) is 54.5 Å². The van der Waals surface area contributed by atoms with Crippen LogP contribution >= 0.6 is 23.2 Å². The fourth-order valence-electron chi connectivity index (χ4n) is 6.67. The van der Waals surface area contributed by atoms with Crippen molar-refractivity contribution in [3.8, 4) is 11.5 Å². The molecule has 3 aromatic heterocycles. The zero-order valence-electron chi connectivity index (χ0n) is 29.3. The Bertz CT molecular complexity index is 2240. The number of carbonyl (C=O) groups excluding carboxylic acids is 2. The number of alkyl halides is 6. The minimum absolute atomic E-state index is 0.0253. The molecule has 0 unspecified atom stereocenters. The summed E-state index contributed by atoms with van der Waals surface area (Å²) in [5.41, 5.74) is 0.810. The zero-order chi connectivity index (χ0) is 41.2. The van der Waals surface area contributed by atoms with Gasteiger partial charge in [0, 0.05) is 58.5 Å². The molecule has 300 valence electrons. The quantitative estimate of drug-likeness (QED) is 0.108. The first-order valence-electron chi connectivity index (χ1n) is 17.2. The van der Waals surface area contributed by atoms with Crippen molar-refractivity contribution >= 4 is 34.9 Å². The Kier molecular flexibility index (Phi) is 12.0. The lowest BCUT2D eigenvalue weighted by Crippen LogP contribution is -2.39. The first kappa shape index (κ1) is 41.5. The van der Waals surface area contributed by atoms with Gasteiger partial charge >= 0.3 is 24.2 Å². The smallest absolute Gasteiger partial charge is 0.413 e. The normalized spacial score (nSPS) is 15.8. The average molecular weight is 843 g/mol. The second-order valence-electron chi connectivity index (χ2n) is 13.7. The minimum atomic E-state index is -5.06. The number of rotatable bonds is 10. The van der Waals surface area contributed by atoms with Gasteiger partial charge < -0.3 is 9.73 Å². The second kappa shape index (κ2) is 16.4. The fraction of sp³-hybridized carbons (Fsp3) is 0.351. The molecule has 2 fully saturated rings. The summed E-state index contributed by atoms with van der Waals surface area (Å²) in [7, 11) is 0. The largest absolute Gasteiger partial charge is 0.471 e. The van der Waals surface area contributed by atoms with Crippen molar-refractivity contribution in [1.82, 2.24) is 35.5 Å². The van der Waals surface area contributed by atoms with Crippen molar-refractivity contribution in [3.05, 3.63) is 117 Å². The number of aromatic nitrogens is 6. The summed E-state index contributed by atoms with van der Waals surface area (Å²) in [5, 5.41) is 8.81. The van der Waals surface area contributed by atoms with E-state index < -0.39 is 47.7 Å². The predicted octanol–water partition coefficient (Wildman–Crippen LogP) is 8.80. The topological polar surface area (TPSA) is 137 Å². The number of nitrogens with zero attached hydrogens (tertiary/aromatic N) is 6. The van der Waals surface area contributed by atoms with E-state index in [0.29, 0.717) is 40.1 Å². The molecular formula is C37H29Cl2F8N7O3. The number of benzene rings is 2. The lowest BCUT2D eigenvalue weighted by Gasteiger charge is -2.42. The van der Waals surface area contributed by atoms with Crippen LogP contribution in [0.2, 0.25) is 10.0 Å². The van der Waals surface area contributed by atoms with Gasteiger partial charge in [-0.15, -0.1) is 10.2 Å². The summed E-state index contributed by atoms with van der Waals surface area (Å²) < 4.78 is 106. The second-order valence-corrected chi connectivity index (χ2v) is 14.5. The number of ketones is 1. The van der Waals surface area contributed by atoms with Crippen LogP contribution < -0.4 is 5.32 Å². The first-order chi connectivity index (χ1) is 26.9. The van der Waals surface area contributed by atoms with Crippen LogP contribution in [0.4, 0.5) is 35.1 Å². The molecule has 0 atom stereocenters. The molecule has 57 heavy (non-hydrogen) atoms. The van der Waals surface area contributed by atoms with Gasteiger partial charge in [-0.25, -0.2) is 28.7 Å². The Labute approximate surface area is 328 Å². The molecule has 7 rings (SSSR count). The van der Waals surface area contributed by atoms with E-state index in [0.717, 1.165) is 44.1 Å². The van der Waals surface area contributed by atoms with Crippen LogP contribution in [0.25, 0.3) is 11.5 Å². The van der Waals surface area contributed by atoms with E-state index in [-0.39, 0.29) is 28.2 Å². The molecule has 0 bridgehead atoms. The van der Waals surface area contributed by atoms with Crippen molar-refractivity contribution in [2.75, 3.05) is 6.54 Å². The number of carbonyl (C=O) groups is 2. The van der Waals surface area contributed by atoms with E-state index in [9.17, 15) is 44.7 Å². The van der Waals surface area contributed by atoms with Gasteiger partial charge in [-0.1, -0.05) is 36.0 Å². The highest BCUT2D eigenvalue weighted by molar-refractivity contribution is 6.31. The third-order valence-corrected chi connectivity index (χ3v) is 10.6. The van der Waals surface area contributed by atoms with Crippen molar-refractivity contribution < 1.29 is 49.1 Å². The number of halogens is 10. The van der Waals surface area contributed by atoms with Crippen LogP contribution in [0, 0.1) is 11.6 Å². The molecule has 2 saturated carbocycles. The van der Waals surface area contributed by atoms with Crippen molar-refractivity contribution in [3.63, 3.8) is 0 Å². The van der Waals surface area contributed by atoms with Crippen LogP contribution in [-0.2, 0) is 34.6 Å². The Hall–Kier alpha value is -5.10. The van der Waals surface area contributed by atoms with Crippen LogP contribution in [0.5, 0.6) is 0 Å². The van der Waals surface area contributed by atoms with E-state index in [1.54, 1.807) is 0 Å². The molecule has 10 nitrogen and oxygen atoms in total. The summed E-state index contributed by atoms with van der Waals surface area (Å²) >= 11 is 12.5. The number of hydrogen-bond donors (Lipinski definition) is 1. The van der Waals surface area contributed by atoms with Crippen LogP contribution in [0.1, 0.15) is 77.5 Å². The fourth-order valence-corrected chi connectivity index (χ4v) is 7.30. The SMILES string of the molecule is Fc1ccc(Cl)c(C2(Cc3ncc(-c4nnc(C(F)(F)F)o4)cn3)CCC2)c1.O=C(CNC(=O)C(F)(F)F)c1cnc(CC2(c3cc(F)ccc3Cl)CCC2)nc1. The standard InChI is InChI=1S/C19H16ClF4N3O2.C18H13ClF4N4O/c20-14-3-2-12(21)6-13(14)18(4-1-5-18)7-16-25-8-11(9-26-16)15(28)10-27-17(29)19(22,23)24;19-13-3-2-11(20)6-12(13)17(4-1-5-17)7-14-24-8-10(9-25-14)15-26-27-16(28-15)18(21,22)23/h2-3,6,8-9H,1,4-5,7,10H2,(H,27,29);2-3,6,8-9H,1,4-5,7H2. The lowest BCUT2D eigenvalue weighted by atomic mass is 9.62. The van der Waals surface area contributed by atoms with E-state index >= 15 is 0 Å². The zero-order valence-corrected chi connectivity index (χ0v) is 30.8. The summed E-state index contributed by atoms with van der Waals surface area (Å²) in [5.74, 6) is -4.56. The van der Waals surface area contributed by atoms with Gasteiger partial charge in [-0.3, -0.25) is 9.59 Å².